The third kappa shape index (κ3) is 6.14. The lowest BCUT2D eigenvalue weighted by Crippen LogP contribution is -2.50. The van der Waals surface area contributed by atoms with E-state index in [9.17, 15) is 18.3 Å². The molecule has 0 saturated heterocycles. The van der Waals surface area contributed by atoms with Gasteiger partial charge in [0.1, 0.15) is 6.10 Å². The molecule has 1 heterocycles. The summed E-state index contributed by atoms with van der Waals surface area (Å²) in [4.78, 5) is 17.5. The van der Waals surface area contributed by atoms with Crippen LogP contribution in [-0.2, 0) is 10.0 Å². The lowest BCUT2D eigenvalue weighted by atomic mass is 9.99. The summed E-state index contributed by atoms with van der Waals surface area (Å²) in [6.45, 7) is 5.66. The number of ether oxygens (including phenoxy) is 1. The van der Waals surface area contributed by atoms with Crippen LogP contribution >= 0.6 is 11.6 Å². The second-order valence-corrected chi connectivity index (χ2v) is 12.1. The van der Waals surface area contributed by atoms with E-state index in [0.29, 0.717) is 24.0 Å². The normalized spacial score (nSPS) is 21.4. The number of likely N-dealkylation sites (N-methyl/N-ethyl adjacent to an activating group) is 1. The van der Waals surface area contributed by atoms with Crippen LogP contribution in [0.25, 0.3) is 0 Å². The molecule has 1 aliphatic heterocycles. The largest absolute Gasteiger partial charge is 0.486 e. The van der Waals surface area contributed by atoms with Crippen molar-refractivity contribution in [1.82, 2.24) is 9.80 Å². The second-order valence-electron chi connectivity index (χ2n) is 10.0. The van der Waals surface area contributed by atoms with E-state index in [-0.39, 0.29) is 46.4 Å². The van der Waals surface area contributed by atoms with Crippen LogP contribution in [0.3, 0.4) is 0 Å². The molecule has 0 aromatic heterocycles. The number of hydrogen-bond donors (Lipinski definition) is 2. The average molecular weight is 536 g/mol. The third-order valence-corrected chi connectivity index (χ3v) is 8.45. The van der Waals surface area contributed by atoms with E-state index in [1.165, 1.54) is 37.1 Å². The van der Waals surface area contributed by atoms with Crippen LogP contribution in [0.15, 0.2) is 47.4 Å². The summed E-state index contributed by atoms with van der Waals surface area (Å²) in [6, 6.07) is 10.3. The van der Waals surface area contributed by atoms with Crippen molar-refractivity contribution in [3.05, 3.63) is 53.1 Å². The molecule has 2 N–H and O–H groups in total. The number of sulfonamides is 1. The minimum absolute atomic E-state index is 0.0475. The molecule has 0 spiro atoms. The highest BCUT2D eigenvalue weighted by atomic mass is 35.5. The zero-order valence-corrected chi connectivity index (χ0v) is 22.4. The van der Waals surface area contributed by atoms with Crippen LogP contribution in [0.2, 0.25) is 5.02 Å². The third-order valence-electron chi connectivity index (χ3n) is 6.82. The number of aliphatic hydroxyl groups excluding tert-OH is 1. The van der Waals surface area contributed by atoms with Crippen molar-refractivity contribution < 1.29 is 23.1 Å². The first-order valence-corrected chi connectivity index (χ1v) is 14.1. The number of para-hydroxylation sites is 1. The SMILES string of the molecule is C[C@@H]1CN([C@H](C)CO)C(=O)c2cccc(NS(=O)(=O)c3ccc(Cl)cc3)c2O[C@@H]1CN(C)CC1CC1. The van der Waals surface area contributed by atoms with Crippen molar-refractivity contribution >= 4 is 33.2 Å². The lowest BCUT2D eigenvalue weighted by Gasteiger charge is -2.38. The number of benzene rings is 2. The summed E-state index contributed by atoms with van der Waals surface area (Å²) in [5.41, 5.74) is 0.449. The number of aliphatic hydroxyl groups is 1. The van der Waals surface area contributed by atoms with Gasteiger partial charge in [-0.25, -0.2) is 8.42 Å². The Morgan fingerprint density at radius 1 is 1.19 bits per heavy atom. The number of amides is 1. The fourth-order valence-electron chi connectivity index (χ4n) is 4.48. The molecule has 0 unspecified atom stereocenters. The predicted octanol–water partition coefficient (Wildman–Crippen LogP) is 3.70. The van der Waals surface area contributed by atoms with Gasteiger partial charge in [-0.15, -0.1) is 0 Å². The molecule has 4 rings (SSSR count). The van der Waals surface area contributed by atoms with E-state index in [1.54, 1.807) is 30.0 Å². The van der Waals surface area contributed by atoms with Gasteiger partial charge in [-0.05, 0) is 69.1 Å². The maximum atomic E-state index is 13.6. The van der Waals surface area contributed by atoms with Crippen LogP contribution < -0.4 is 9.46 Å². The molecular weight excluding hydrogens is 502 g/mol. The number of hydrogen-bond acceptors (Lipinski definition) is 6. The summed E-state index contributed by atoms with van der Waals surface area (Å²) >= 11 is 5.92. The number of nitrogens with one attached hydrogen (secondary N) is 1. The molecule has 2 aromatic rings. The van der Waals surface area contributed by atoms with Crippen molar-refractivity contribution in [3.63, 3.8) is 0 Å². The monoisotopic (exact) mass is 535 g/mol. The van der Waals surface area contributed by atoms with E-state index in [0.717, 1.165) is 6.54 Å². The molecule has 196 valence electrons. The Bertz CT molecular complexity index is 1190. The molecule has 1 fully saturated rings. The molecule has 2 aromatic carbocycles. The van der Waals surface area contributed by atoms with E-state index in [4.69, 9.17) is 16.3 Å². The van der Waals surface area contributed by atoms with Crippen molar-refractivity contribution in [1.29, 1.82) is 0 Å². The van der Waals surface area contributed by atoms with Gasteiger partial charge in [0.15, 0.2) is 5.75 Å². The summed E-state index contributed by atoms with van der Waals surface area (Å²) in [6.07, 6.45) is 2.18. The van der Waals surface area contributed by atoms with Crippen molar-refractivity contribution in [2.45, 2.75) is 43.7 Å². The molecule has 10 heteroatoms. The van der Waals surface area contributed by atoms with Gasteiger partial charge in [-0.1, -0.05) is 24.6 Å². The maximum Gasteiger partial charge on any atom is 0.262 e. The molecule has 0 radical (unpaired) electrons. The number of fused-ring (bicyclic) bond motifs is 1. The van der Waals surface area contributed by atoms with Gasteiger partial charge in [0.2, 0.25) is 0 Å². The van der Waals surface area contributed by atoms with Gasteiger partial charge >= 0.3 is 0 Å². The van der Waals surface area contributed by atoms with E-state index in [1.807, 2.05) is 6.92 Å². The molecular formula is C26H34ClN3O5S. The van der Waals surface area contributed by atoms with E-state index >= 15 is 0 Å². The fraction of sp³-hybridized carbons (Fsp3) is 0.500. The van der Waals surface area contributed by atoms with Gasteiger partial charge in [-0.2, -0.15) is 0 Å². The Morgan fingerprint density at radius 2 is 1.89 bits per heavy atom. The highest BCUT2D eigenvalue weighted by Gasteiger charge is 2.35. The highest BCUT2D eigenvalue weighted by Crippen LogP contribution is 2.36. The van der Waals surface area contributed by atoms with Crippen LogP contribution in [0.5, 0.6) is 5.75 Å². The van der Waals surface area contributed by atoms with Gasteiger partial charge < -0.3 is 19.6 Å². The minimum atomic E-state index is -3.96. The number of anilines is 1. The summed E-state index contributed by atoms with van der Waals surface area (Å²) in [5, 5.41) is 10.3. The zero-order chi connectivity index (χ0) is 26.0. The Morgan fingerprint density at radius 3 is 2.53 bits per heavy atom. The number of halogens is 1. The maximum absolute atomic E-state index is 13.6. The summed E-state index contributed by atoms with van der Waals surface area (Å²) in [5.74, 6) is 0.543. The van der Waals surface area contributed by atoms with Crippen LogP contribution in [0.4, 0.5) is 5.69 Å². The number of rotatable bonds is 9. The van der Waals surface area contributed by atoms with Crippen LogP contribution in [0, 0.1) is 11.8 Å². The molecule has 2 aliphatic rings. The van der Waals surface area contributed by atoms with Gasteiger partial charge in [0.05, 0.1) is 28.8 Å². The van der Waals surface area contributed by atoms with Crippen molar-refractivity contribution in [2.24, 2.45) is 11.8 Å². The average Bonchev–Trinajstić information content (AvgIpc) is 3.65. The first-order valence-electron chi connectivity index (χ1n) is 12.3. The minimum Gasteiger partial charge on any atom is -0.486 e. The molecule has 1 saturated carbocycles. The molecule has 8 nitrogen and oxygen atoms in total. The first kappa shape index (κ1) is 26.7. The van der Waals surface area contributed by atoms with Gasteiger partial charge in [0, 0.05) is 30.6 Å². The molecule has 1 amide bonds. The molecule has 3 atom stereocenters. The highest BCUT2D eigenvalue weighted by molar-refractivity contribution is 7.92. The van der Waals surface area contributed by atoms with E-state index < -0.39 is 16.1 Å². The van der Waals surface area contributed by atoms with E-state index in [2.05, 4.69) is 16.7 Å². The summed E-state index contributed by atoms with van der Waals surface area (Å²) in [7, 11) is -1.90. The second kappa shape index (κ2) is 11.0. The smallest absolute Gasteiger partial charge is 0.262 e. The first-order chi connectivity index (χ1) is 17.1. The Hall–Kier alpha value is -2.33. The van der Waals surface area contributed by atoms with Crippen LogP contribution in [-0.4, -0.2) is 74.7 Å². The predicted molar refractivity (Wildman–Crippen MR) is 140 cm³/mol. The Kier molecular flexibility index (Phi) is 8.14. The van der Waals surface area contributed by atoms with Crippen molar-refractivity contribution in [3.8, 4) is 5.75 Å². The topological polar surface area (TPSA) is 99.2 Å². The standard InChI is InChI=1S/C26H34ClN3O5S/c1-17-13-30(18(2)16-31)26(32)22-5-4-6-23(28-36(33,34)21-11-9-20(27)10-12-21)25(22)35-24(17)15-29(3)14-19-7-8-19/h4-6,9-12,17-19,24,28,31H,7-8,13-16H2,1-3H3/t17-,18-,24-/m1/s1. The Labute approximate surface area is 218 Å². The number of nitrogens with zero attached hydrogens (tertiary/aromatic N) is 2. The fourth-order valence-corrected chi connectivity index (χ4v) is 5.67. The molecule has 0 bridgehead atoms. The number of carbonyl (C=O) groups is 1. The molecule has 36 heavy (non-hydrogen) atoms. The summed E-state index contributed by atoms with van der Waals surface area (Å²) < 4.78 is 35.4. The van der Waals surface area contributed by atoms with Crippen LogP contribution in [0.1, 0.15) is 37.0 Å². The Balaban J connectivity index is 1.72. The van der Waals surface area contributed by atoms with Crippen molar-refractivity contribution in [2.75, 3.05) is 38.0 Å². The number of carbonyl (C=O) groups excluding carboxylic acids is 1. The molecule has 1 aliphatic carbocycles. The zero-order valence-electron chi connectivity index (χ0n) is 20.9. The lowest BCUT2D eigenvalue weighted by molar-refractivity contribution is 0.0346. The quantitative estimate of drug-likeness (QED) is 0.508. The van der Waals surface area contributed by atoms with Gasteiger partial charge in [0.25, 0.3) is 15.9 Å². The van der Waals surface area contributed by atoms with Gasteiger partial charge in [-0.3, -0.25) is 9.52 Å².